The third-order valence-electron chi connectivity index (χ3n) is 2.62. The zero-order valence-corrected chi connectivity index (χ0v) is 9.32. The molecule has 0 unspecified atom stereocenters. The van der Waals surface area contributed by atoms with Crippen molar-refractivity contribution in [1.82, 2.24) is 0 Å². The molecule has 0 radical (unpaired) electrons. The summed E-state index contributed by atoms with van der Waals surface area (Å²) >= 11 is 0. The molecular weight excluding hydrogens is 202 g/mol. The second kappa shape index (κ2) is 4.49. The minimum atomic E-state index is 0.0288. The fourth-order valence-corrected chi connectivity index (χ4v) is 1.73. The maximum absolute atomic E-state index is 11.7. The van der Waals surface area contributed by atoms with E-state index in [0.29, 0.717) is 25.1 Å². The normalized spacial score (nSPS) is 10.9. The van der Waals surface area contributed by atoms with Gasteiger partial charge >= 0.3 is 0 Å². The third-order valence-corrected chi connectivity index (χ3v) is 2.62. The first kappa shape index (κ1) is 10.9. The van der Waals surface area contributed by atoms with E-state index >= 15 is 0 Å². The molecular formula is C13H15NO2. The highest BCUT2D eigenvalue weighted by molar-refractivity contribution is 5.98. The molecule has 0 spiro atoms. The van der Waals surface area contributed by atoms with Crippen LogP contribution >= 0.6 is 0 Å². The SMILES string of the molecule is Cc1cccc2cc(C(=O)CCCN)oc12. The van der Waals surface area contributed by atoms with Gasteiger partial charge in [0.2, 0.25) is 0 Å². The van der Waals surface area contributed by atoms with E-state index < -0.39 is 0 Å². The van der Waals surface area contributed by atoms with Gasteiger partial charge in [-0.3, -0.25) is 4.79 Å². The average molecular weight is 217 g/mol. The van der Waals surface area contributed by atoms with Crippen molar-refractivity contribution in [3.8, 4) is 0 Å². The summed E-state index contributed by atoms with van der Waals surface area (Å²) in [6, 6.07) is 7.69. The summed E-state index contributed by atoms with van der Waals surface area (Å²) in [5.74, 6) is 0.471. The molecule has 1 aromatic carbocycles. The van der Waals surface area contributed by atoms with Crippen LogP contribution in [-0.4, -0.2) is 12.3 Å². The number of rotatable bonds is 4. The number of hydrogen-bond donors (Lipinski definition) is 1. The fourth-order valence-electron chi connectivity index (χ4n) is 1.73. The molecule has 84 valence electrons. The lowest BCUT2D eigenvalue weighted by molar-refractivity contribution is 0.0956. The Morgan fingerprint density at radius 1 is 1.44 bits per heavy atom. The van der Waals surface area contributed by atoms with E-state index in [9.17, 15) is 4.79 Å². The number of benzene rings is 1. The van der Waals surface area contributed by atoms with E-state index in [2.05, 4.69) is 0 Å². The number of ketones is 1. The smallest absolute Gasteiger partial charge is 0.198 e. The largest absolute Gasteiger partial charge is 0.453 e. The van der Waals surface area contributed by atoms with Crippen molar-refractivity contribution in [3.05, 3.63) is 35.6 Å². The van der Waals surface area contributed by atoms with Crippen LogP contribution in [0.3, 0.4) is 0 Å². The van der Waals surface area contributed by atoms with Gasteiger partial charge in [-0.1, -0.05) is 18.2 Å². The summed E-state index contributed by atoms with van der Waals surface area (Å²) in [5.41, 5.74) is 7.23. The van der Waals surface area contributed by atoms with Crippen LogP contribution < -0.4 is 5.73 Å². The lowest BCUT2D eigenvalue weighted by Gasteiger charge is -1.94. The van der Waals surface area contributed by atoms with Gasteiger partial charge in [-0.25, -0.2) is 0 Å². The predicted octanol–water partition coefficient (Wildman–Crippen LogP) is 2.66. The summed E-state index contributed by atoms with van der Waals surface area (Å²) < 4.78 is 5.57. The van der Waals surface area contributed by atoms with Crippen molar-refractivity contribution >= 4 is 16.8 Å². The standard InChI is InChI=1S/C13H15NO2/c1-9-4-2-5-10-8-12(16-13(9)10)11(15)6-3-7-14/h2,4-5,8H,3,6-7,14H2,1H3. The van der Waals surface area contributed by atoms with Crippen molar-refractivity contribution in [3.63, 3.8) is 0 Å². The van der Waals surface area contributed by atoms with Crippen LogP contribution in [0.5, 0.6) is 0 Å². The van der Waals surface area contributed by atoms with Gasteiger partial charge in [0.05, 0.1) is 0 Å². The summed E-state index contributed by atoms with van der Waals surface area (Å²) in [6.07, 6.45) is 1.16. The molecule has 0 atom stereocenters. The van der Waals surface area contributed by atoms with Gasteiger partial charge in [0.1, 0.15) is 5.58 Å². The lowest BCUT2D eigenvalue weighted by Crippen LogP contribution is -2.03. The molecule has 2 aromatic rings. The minimum Gasteiger partial charge on any atom is -0.453 e. The molecule has 1 heterocycles. The first-order valence-corrected chi connectivity index (χ1v) is 5.45. The first-order valence-electron chi connectivity index (χ1n) is 5.45. The van der Waals surface area contributed by atoms with Gasteiger partial charge in [0.15, 0.2) is 11.5 Å². The van der Waals surface area contributed by atoms with Crippen molar-refractivity contribution < 1.29 is 9.21 Å². The maximum atomic E-state index is 11.7. The fraction of sp³-hybridized carbons (Fsp3) is 0.308. The Hall–Kier alpha value is -1.61. The number of para-hydroxylation sites is 1. The van der Waals surface area contributed by atoms with Crippen LogP contribution in [0, 0.1) is 6.92 Å². The number of fused-ring (bicyclic) bond motifs is 1. The van der Waals surface area contributed by atoms with Gasteiger partial charge in [0, 0.05) is 11.8 Å². The predicted molar refractivity (Wildman–Crippen MR) is 63.6 cm³/mol. The van der Waals surface area contributed by atoms with E-state index in [4.69, 9.17) is 10.2 Å². The Kier molecular flexibility index (Phi) is 3.06. The number of nitrogens with two attached hydrogens (primary N) is 1. The maximum Gasteiger partial charge on any atom is 0.198 e. The van der Waals surface area contributed by atoms with Gasteiger partial charge in [-0.05, 0) is 31.5 Å². The number of Topliss-reactive ketones (excluding diaryl/α,β-unsaturated/α-hetero) is 1. The molecule has 0 amide bonds. The number of furan rings is 1. The van der Waals surface area contributed by atoms with Crippen LogP contribution in [0.1, 0.15) is 29.0 Å². The Morgan fingerprint density at radius 2 is 2.25 bits per heavy atom. The summed E-state index contributed by atoms with van der Waals surface area (Å²) in [6.45, 7) is 2.50. The molecule has 3 heteroatoms. The van der Waals surface area contributed by atoms with Gasteiger partial charge < -0.3 is 10.2 Å². The van der Waals surface area contributed by atoms with Crippen molar-refractivity contribution in [1.29, 1.82) is 0 Å². The lowest BCUT2D eigenvalue weighted by atomic mass is 10.1. The second-order valence-corrected chi connectivity index (χ2v) is 3.92. The summed E-state index contributed by atoms with van der Waals surface area (Å²) in [7, 11) is 0. The number of carbonyl (C=O) groups excluding carboxylic acids is 1. The quantitative estimate of drug-likeness (QED) is 0.801. The molecule has 16 heavy (non-hydrogen) atoms. The van der Waals surface area contributed by atoms with E-state index in [0.717, 1.165) is 16.5 Å². The van der Waals surface area contributed by atoms with Gasteiger partial charge in [0.25, 0.3) is 0 Å². The molecule has 0 aliphatic heterocycles. The van der Waals surface area contributed by atoms with Gasteiger partial charge in [-0.2, -0.15) is 0 Å². The summed E-state index contributed by atoms with van der Waals surface area (Å²) in [5, 5.41) is 0.982. The van der Waals surface area contributed by atoms with Crippen molar-refractivity contribution in [2.24, 2.45) is 5.73 Å². The van der Waals surface area contributed by atoms with Crippen LogP contribution in [0.2, 0.25) is 0 Å². The molecule has 0 bridgehead atoms. The Bertz CT molecular complexity index is 514. The number of aryl methyl sites for hydroxylation is 1. The zero-order chi connectivity index (χ0) is 11.5. The molecule has 0 saturated carbocycles. The number of hydrogen-bond acceptors (Lipinski definition) is 3. The number of carbonyl (C=O) groups is 1. The van der Waals surface area contributed by atoms with Crippen LogP contribution in [0.15, 0.2) is 28.7 Å². The topological polar surface area (TPSA) is 56.2 Å². The molecule has 0 aliphatic carbocycles. The zero-order valence-electron chi connectivity index (χ0n) is 9.32. The molecule has 2 rings (SSSR count). The van der Waals surface area contributed by atoms with E-state index in [-0.39, 0.29) is 5.78 Å². The van der Waals surface area contributed by atoms with Crippen molar-refractivity contribution in [2.75, 3.05) is 6.54 Å². The van der Waals surface area contributed by atoms with E-state index in [1.807, 2.05) is 25.1 Å². The Labute approximate surface area is 94.2 Å². The molecule has 3 nitrogen and oxygen atoms in total. The Morgan fingerprint density at radius 3 is 2.94 bits per heavy atom. The molecule has 0 saturated heterocycles. The monoisotopic (exact) mass is 217 g/mol. The average Bonchev–Trinajstić information content (AvgIpc) is 2.71. The van der Waals surface area contributed by atoms with Crippen LogP contribution in [-0.2, 0) is 0 Å². The van der Waals surface area contributed by atoms with Gasteiger partial charge in [-0.15, -0.1) is 0 Å². The highest BCUT2D eigenvalue weighted by atomic mass is 16.3. The van der Waals surface area contributed by atoms with Crippen molar-refractivity contribution in [2.45, 2.75) is 19.8 Å². The molecule has 2 N–H and O–H groups in total. The highest BCUT2D eigenvalue weighted by Crippen LogP contribution is 2.23. The second-order valence-electron chi connectivity index (χ2n) is 3.92. The minimum absolute atomic E-state index is 0.0288. The first-order chi connectivity index (χ1) is 7.72. The highest BCUT2D eigenvalue weighted by Gasteiger charge is 2.12. The summed E-state index contributed by atoms with van der Waals surface area (Å²) in [4.78, 5) is 11.7. The van der Waals surface area contributed by atoms with E-state index in [1.54, 1.807) is 6.07 Å². The Balaban J connectivity index is 2.32. The van der Waals surface area contributed by atoms with Crippen LogP contribution in [0.4, 0.5) is 0 Å². The van der Waals surface area contributed by atoms with Crippen LogP contribution in [0.25, 0.3) is 11.0 Å². The van der Waals surface area contributed by atoms with E-state index in [1.165, 1.54) is 0 Å². The molecule has 0 aliphatic rings. The molecule has 0 fully saturated rings. The third kappa shape index (κ3) is 1.99. The molecule has 1 aromatic heterocycles.